The summed E-state index contributed by atoms with van der Waals surface area (Å²) in [6.07, 6.45) is 20.8. The van der Waals surface area contributed by atoms with Crippen molar-refractivity contribution in [3.63, 3.8) is 0 Å². The molecule has 0 aromatic heterocycles. The number of fused-ring (bicyclic) bond motifs is 9. The standard InChI is InChI=1S/C32H38N4O4.C31H36N4O5.C18H27N4O3.C3H7.3CH4.2Y/c1-20(37)22-12-10-21(11-13-22)18-33-31(38)35-34-29-15-14-23-16-17-36(30(23)29)32(39)40-19-28-26-8-4-2-6-24(26)25-7-3-5-9-27(25)28;36-29(37)21-11-9-19(10-12-21)17-32-30(38)34-33-27-14-13-20-15-16-35(28(20)27)31(39)40-18-26-24-7-3-1-5-22(24)23-6-2-4-8-25(23)26;1-12(24)14-4-2-13(3-5-14)10-19-18(25)21-20-16-7-6-15-8-9-22(11-23)17(15)16;1-3-2;;;;;/h2-9,21-23,28,30H,10-19H2,1H3,(H2,33,35,38);1-8,19-21,26,28H,9-18H2,(H,36,37)(H2,32,34,38);13-15,17H,2-10H2,1H3,(H2,19,21,25);1,3H2,2H3;3*1H4;;/q;;2*-1;;;;;/b34-29+;33-27+;20-16+;;;;;;. The van der Waals surface area contributed by atoms with Crippen molar-refractivity contribution in [2.24, 2.45) is 68.6 Å². The number of hydrogen-bond acceptors (Lipinski definition) is 14. The number of hydrogen-bond donors (Lipinski definition) is 7. The molecule has 113 heavy (non-hydrogen) atoms. The number of likely N-dealkylation sites (tertiary alicyclic amines) is 3. The molecule has 11 aliphatic rings. The van der Waals surface area contributed by atoms with Crippen LogP contribution in [0.1, 0.15) is 218 Å². The molecule has 3 aliphatic heterocycles. The number of carboxylic acids is 1. The van der Waals surface area contributed by atoms with E-state index in [4.69, 9.17) is 14.6 Å². The molecule has 24 nitrogen and oxygen atoms in total. The summed E-state index contributed by atoms with van der Waals surface area (Å²) in [5.41, 5.74) is 20.0. The molecule has 7 N–H and O–H groups in total. The first-order chi connectivity index (χ1) is 52.5. The summed E-state index contributed by atoms with van der Waals surface area (Å²) in [6.45, 7) is 13.1. The van der Waals surface area contributed by atoms with Gasteiger partial charge in [-0.3, -0.25) is 24.2 Å². The van der Waals surface area contributed by atoms with Crippen molar-refractivity contribution in [2.45, 2.75) is 214 Å². The van der Waals surface area contributed by atoms with Crippen molar-refractivity contribution in [1.82, 2.24) is 46.9 Å². The summed E-state index contributed by atoms with van der Waals surface area (Å²) >= 11 is 0. The second-order valence-corrected chi connectivity index (χ2v) is 31.4. The number of carboxylic acid groups (broad SMARTS) is 1. The number of aliphatic carboxylic acids is 1. The van der Waals surface area contributed by atoms with Gasteiger partial charge in [-0.05, 0) is 235 Å². The number of amides is 9. The minimum atomic E-state index is -0.728. The van der Waals surface area contributed by atoms with Crippen LogP contribution in [0.3, 0.4) is 0 Å². The monoisotopic (exact) mass is 1700 g/mol. The van der Waals surface area contributed by atoms with Gasteiger partial charge in [0, 0.05) is 128 Å². The normalized spacial score (nSPS) is 26.1. The Morgan fingerprint density at radius 3 is 1.04 bits per heavy atom. The van der Waals surface area contributed by atoms with Gasteiger partial charge in [-0.25, -0.2) is 40.3 Å². The predicted molar refractivity (Wildman–Crippen MR) is 432 cm³/mol. The van der Waals surface area contributed by atoms with E-state index in [0.29, 0.717) is 81.8 Å². The maximum Gasteiger partial charge on any atom is 0.410 e. The Morgan fingerprint density at radius 2 is 0.735 bits per heavy atom. The van der Waals surface area contributed by atoms with Gasteiger partial charge in [-0.1, -0.05) is 126 Å². The number of benzene rings is 4. The van der Waals surface area contributed by atoms with Crippen LogP contribution in [0.15, 0.2) is 112 Å². The maximum atomic E-state index is 13.3. The van der Waals surface area contributed by atoms with Crippen molar-refractivity contribution in [3.8, 4) is 22.3 Å². The molecule has 6 saturated carbocycles. The quantitative estimate of drug-likeness (QED) is 0.0383. The molecular weight excluding hydrogens is 1580 g/mol. The van der Waals surface area contributed by atoms with Gasteiger partial charge in [-0.15, -0.1) is 0 Å². The maximum absolute atomic E-state index is 13.3. The first-order valence-corrected chi connectivity index (χ1v) is 39.7. The van der Waals surface area contributed by atoms with Crippen molar-refractivity contribution in [1.29, 1.82) is 0 Å². The zero-order chi connectivity index (χ0) is 75.8. The third-order valence-electron chi connectivity index (χ3n) is 24.8. The van der Waals surface area contributed by atoms with E-state index in [0.717, 1.165) is 152 Å². The van der Waals surface area contributed by atoms with Gasteiger partial charge in [0.25, 0.3) is 0 Å². The second-order valence-electron chi connectivity index (χ2n) is 31.4. The number of ether oxygens (including phenoxy) is 2. The number of urea groups is 3. The fourth-order valence-corrected chi connectivity index (χ4v) is 18.9. The zero-order valence-electron chi connectivity index (χ0n) is 64.0. The topological polar surface area (TPSA) is 311 Å². The van der Waals surface area contributed by atoms with Gasteiger partial charge in [-0.2, -0.15) is 28.1 Å². The Kier molecular flexibility index (Phi) is 36.8. The Hall–Kier alpha value is -7.27. The van der Waals surface area contributed by atoms with E-state index < -0.39 is 5.97 Å². The average molecular weight is 1700 g/mol. The predicted octanol–water partition coefficient (Wildman–Crippen LogP) is 15.2. The van der Waals surface area contributed by atoms with Gasteiger partial charge in [0.2, 0.25) is 0 Å². The van der Waals surface area contributed by atoms with Crippen LogP contribution in [-0.2, 0) is 94.1 Å². The fraction of sp³-hybridized carbons (Fsp3) is 0.575. The first-order valence-electron chi connectivity index (χ1n) is 39.7. The summed E-state index contributed by atoms with van der Waals surface area (Å²) in [6, 6.07) is 32.0. The summed E-state index contributed by atoms with van der Waals surface area (Å²) in [5, 5.41) is 31.0. The summed E-state index contributed by atoms with van der Waals surface area (Å²) < 4.78 is 11.9. The number of carbonyl (C=O) groups excluding carboxylic acids is 8. The molecule has 15 rings (SSSR count). The smallest absolute Gasteiger partial charge is 0.410 e. The van der Waals surface area contributed by atoms with E-state index in [1.54, 1.807) is 28.5 Å². The van der Waals surface area contributed by atoms with Crippen LogP contribution in [-0.4, -0.2) is 162 Å². The number of Topliss-reactive ketones (excluding diaryl/α,β-unsaturated/α-hetero) is 2. The van der Waals surface area contributed by atoms with Crippen LogP contribution in [0.2, 0.25) is 0 Å². The van der Waals surface area contributed by atoms with Crippen LogP contribution < -0.4 is 32.2 Å². The van der Waals surface area contributed by atoms with E-state index in [1.807, 2.05) is 61.9 Å². The van der Waals surface area contributed by atoms with Crippen molar-refractivity contribution in [3.05, 3.63) is 126 Å². The largest absolute Gasteiger partial charge is 0.520 e. The number of ketones is 2. The van der Waals surface area contributed by atoms with Gasteiger partial charge >= 0.3 is 36.2 Å². The van der Waals surface area contributed by atoms with Crippen molar-refractivity contribution < 1.29 is 123 Å². The summed E-state index contributed by atoms with van der Waals surface area (Å²) in [5.74, 6) is 2.21. The van der Waals surface area contributed by atoms with Gasteiger partial charge in [0.15, 0.2) is 0 Å². The Morgan fingerprint density at radius 1 is 0.442 bits per heavy atom. The molecule has 6 atom stereocenters. The molecule has 3 heterocycles. The third kappa shape index (κ3) is 23.1. The molecule has 0 spiro atoms. The molecule has 9 amide bonds. The van der Waals surface area contributed by atoms with Crippen LogP contribution in [0.25, 0.3) is 22.3 Å². The number of hydrazone groups is 3. The minimum absolute atomic E-state index is 0. The SMILES string of the molecule is C.C.C.CC(=O)C1CCC(CNC(=O)N/N=C2\CCC3CCN(C(=O)OCC4c5ccccc5-c5ccccc54)C23)CC1.CC(=O)C1CCC(CNC(=O)N/N=C2\CCC3CCN([C-]=O)C23)CC1.O=C(NCC1CCC(C(=O)O)CC1)N/N=C1\CCC2CCN(C(=O)OCC3c4ccccc4-c4ccccc43)C12.[CH2-]CC.[Y].[Y]. The van der Waals surface area contributed by atoms with Gasteiger partial charge < -0.3 is 47.1 Å². The molecule has 4 aromatic carbocycles. The molecule has 26 heteroatoms. The summed E-state index contributed by atoms with van der Waals surface area (Å²) in [4.78, 5) is 114. The van der Waals surface area contributed by atoms with Crippen molar-refractivity contribution >= 4 is 71.4 Å². The van der Waals surface area contributed by atoms with Crippen LogP contribution in [0, 0.1) is 60.2 Å². The number of carbonyl (C=O) groups is 8. The van der Waals surface area contributed by atoms with E-state index in [2.05, 4.69) is 103 Å². The third-order valence-corrected chi connectivity index (χ3v) is 24.8. The molecule has 2 radical (unpaired) electrons. The zero-order valence-corrected chi connectivity index (χ0v) is 69.7. The first kappa shape index (κ1) is 92.9. The molecule has 9 fully saturated rings. The van der Waals surface area contributed by atoms with Crippen LogP contribution >= 0.6 is 0 Å². The molecule has 8 aliphatic carbocycles. The van der Waals surface area contributed by atoms with Crippen LogP contribution in [0.4, 0.5) is 24.0 Å². The van der Waals surface area contributed by atoms with Crippen molar-refractivity contribution in [2.75, 3.05) is 52.5 Å². The summed E-state index contributed by atoms with van der Waals surface area (Å²) in [7, 11) is 0. The van der Waals surface area contributed by atoms with Gasteiger partial charge in [0.05, 0.1) is 35.1 Å². The number of nitrogens with zero attached hydrogens (tertiary/aromatic N) is 6. The molecular formula is C87H120N12O12Y2-2. The Labute approximate surface area is 719 Å². The second kappa shape index (κ2) is 44.7. The molecule has 0 bridgehead atoms. The van der Waals surface area contributed by atoms with E-state index in [9.17, 15) is 43.2 Å². The number of rotatable bonds is 17. The van der Waals surface area contributed by atoms with Gasteiger partial charge in [0.1, 0.15) is 24.8 Å². The fourth-order valence-electron chi connectivity index (χ4n) is 18.9. The van der Waals surface area contributed by atoms with E-state index in [1.165, 1.54) is 44.5 Å². The molecule has 4 aromatic rings. The van der Waals surface area contributed by atoms with E-state index in [-0.39, 0.29) is 190 Å². The van der Waals surface area contributed by atoms with Crippen LogP contribution in [0.5, 0.6) is 0 Å². The average Bonchev–Trinajstić information content (AvgIpc) is 1.63. The number of nitrogens with one attached hydrogen (secondary N) is 6. The molecule has 608 valence electrons. The molecule has 3 saturated heterocycles. The van der Waals surface area contributed by atoms with E-state index >= 15 is 0 Å². The molecule has 6 unspecified atom stereocenters. The Bertz CT molecular complexity index is 3690. The minimum Gasteiger partial charge on any atom is -0.520 e. The Balaban J connectivity index is 0.000000232.